The average molecular weight is 375 g/mol. The first-order chi connectivity index (χ1) is 12.6. The zero-order chi connectivity index (χ0) is 18.5. The lowest BCUT2D eigenvalue weighted by molar-refractivity contribution is 0.233. The van der Waals surface area contributed by atoms with Crippen LogP contribution in [0.4, 0.5) is 10.1 Å². The molecule has 0 saturated heterocycles. The molecule has 6 heteroatoms. The molecule has 1 atom stereocenters. The van der Waals surface area contributed by atoms with E-state index in [0.717, 1.165) is 16.6 Å². The molecule has 0 fully saturated rings. The molecule has 0 aliphatic rings. The summed E-state index contributed by atoms with van der Waals surface area (Å²) >= 11 is 6.32. The summed E-state index contributed by atoms with van der Waals surface area (Å²) in [6, 6.07) is 11.9. The van der Waals surface area contributed by atoms with Crippen LogP contribution in [0.25, 0.3) is 10.9 Å². The van der Waals surface area contributed by atoms with E-state index in [-0.39, 0.29) is 18.5 Å². The number of fused-ring (bicyclic) bond motifs is 1. The minimum Gasteiger partial charge on any atom is -0.493 e. The van der Waals surface area contributed by atoms with Gasteiger partial charge in [-0.1, -0.05) is 29.8 Å². The van der Waals surface area contributed by atoms with Crippen molar-refractivity contribution in [1.82, 2.24) is 4.98 Å². The molecule has 136 valence electrons. The molecule has 0 aliphatic carbocycles. The number of ether oxygens (including phenoxy) is 1. The topological polar surface area (TPSA) is 54.4 Å². The first-order valence-electron chi connectivity index (χ1n) is 8.43. The standard InChI is InChI=1S/C20H20ClFN2O2/c1-13(16-11-14(7-8-18(16)22)26-10-4-9-25)24-20-15-5-2-3-6-19(15)23-12-17(20)21/h2-3,5-8,11-13,25H,4,9-10H2,1H3,(H,23,24)/t13-/m1/s1. The number of benzene rings is 2. The number of hydrogen-bond acceptors (Lipinski definition) is 4. The molecule has 0 amide bonds. The number of aromatic nitrogens is 1. The van der Waals surface area contributed by atoms with Gasteiger partial charge in [0.15, 0.2) is 0 Å². The second-order valence-corrected chi connectivity index (χ2v) is 6.38. The van der Waals surface area contributed by atoms with E-state index in [9.17, 15) is 4.39 Å². The third-order valence-corrected chi connectivity index (χ3v) is 4.38. The Labute approximate surface area is 156 Å². The zero-order valence-corrected chi connectivity index (χ0v) is 15.1. The van der Waals surface area contributed by atoms with Gasteiger partial charge >= 0.3 is 0 Å². The van der Waals surface area contributed by atoms with Crippen LogP contribution in [0.3, 0.4) is 0 Å². The number of halogens is 2. The summed E-state index contributed by atoms with van der Waals surface area (Å²) in [5.41, 5.74) is 2.01. The molecular weight excluding hydrogens is 355 g/mol. The molecule has 0 saturated carbocycles. The van der Waals surface area contributed by atoms with Crippen molar-refractivity contribution < 1.29 is 14.2 Å². The Morgan fingerprint density at radius 1 is 1.27 bits per heavy atom. The van der Waals surface area contributed by atoms with Gasteiger partial charge in [-0.2, -0.15) is 0 Å². The third kappa shape index (κ3) is 4.06. The number of aliphatic hydroxyl groups is 1. The largest absolute Gasteiger partial charge is 0.493 e. The van der Waals surface area contributed by atoms with Crippen molar-refractivity contribution in [3.63, 3.8) is 0 Å². The smallest absolute Gasteiger partial charge is 0.128 e. The predicted molar refractivity (Wildman–Crippen MR) is 102 cm³/mol. The van der Waals surface area contributed by atoms with Gasteiger partial charge < -0.3 is 15.2 Å². The molecule has 3 rings (SSSR count). The average Bonchev–Trinajstić information content (AvgIpc) is 2.65. The lowest BCUT2D eigenvalue weighted by Gasteiger charge is -2.19. The predicted octanol–water partition coefficient (Wildman–Crippen LogP) is 4.96. The molecule has 3 aromatic rings. The van der Waals surface area contributed by atoms with Crippen LogP contribution < -0.4 is 10.1 Å². The molecule has 0 aliphatic heterocycles. The van der Waals surface area contributed by atoms with Crippen molar-refractivity contribution in [1.29, 1.82) is 0 Å². The summed E-state index contributed by atoms with van der Waals surface area (Å²) < 4.78 is 19.9. The fraction of sp³-hybridized carbons (Fsp3) is 0.250. The number of rotatable bonds is 7. The lowest BCUT2D eigenvalue weighted by Crippen LogP contribution is -2.10. The Morgan fingerprint density at radius 2 is 2.08 bits per heavy atom. The van der Waals surface area contributed by atoms with Crippen LogP contribution in [0.1, 0.15) is 24.9 Å². The van der Waals surface area contributed by atoms with Crippen molar-refractivity contribution >= 4 is 28.2 Å². The molecule has 1 heterocycles. The first-order valence-corrected chi connectivity index (χ1v) is 8.81. The second kappa shape index (κ2) is 8.34. The van der Waals surface area contributed by atoms with Crippen LogP contribution in [0.15, 0.2) is 48.7 Å². The van der Waals surface area contributed by atoms with E-state index >= 15 is 0 Å². The van der Waals surface area contributed by atoms with Gasteiger partial charge in [0.05, 0.1) is 28.9 Å². The third-order valence-electron chi connectivity index (χ3n) is 4.10. The van der Waals surface area contributed by atoms with Gasteiger partial charge in [0, 0.05) is 30.2 Å². The fourth-order valence-electron chi connectivity index (χ4n) is 2.76. The van der Waals surface area contributed by atoms with Gasteiger partial charge in [0.2, 0.25) is 0 Å². The molecule has 1 aromatic heterocycles. The van der Waals surface area contributed by atoms with Crippen molar-refractivity contribution in [2.24, 2.45) is 0 Å². The highest BCUT2D eigenvalue weighted by Gasteiger charge is 2.15. The molecule has 2 N–H and O–H groups in total. The van der Waals surface area contributed by atoms with Crippen LogP contribution in [0.5, 0.6) is 5.75 Å². The van der Waals surface area contributed by atoms with Crippen molar-refractivity contribution in [2.45, 2.75) is 19.4 Å². The van der Waals surface area contributed by atoms with Crippen LogP contribution in [-0.4, -0.2) is 23.3 Å². The van der Waals surface area contributed by atoms with Crippen LogP contribution in [0.2, 0.25) is 5.02 Å². The monoisotopic (exact) mass is 374 g/mol. The Balaban J connectivity index is 1.87. The summed E-state index contributed by atoms with van der Waals surface area (Å²) in [5, 5.41) is 13.5. The SMILES string of the molecule is C[C@@H](Nc1c(Cl)cnc2ccccc12)c1cc(OCCCO)ccc1F. The Bertz CT molecular complexity index is 904. The second-order valence-electron chi connectivity index (χ2n) is 5.97. The van der Waals surface area contributed by atoms with E-state index in [4.69, 9.17) is 21.4 Å². The molecule has 0 radical (unpaired) electrons. The fourth-order valence-corrected chi connectivity index (χ4v) is 2.96. The minimum absolute atomic E-state index is 0.0552. The number of hydrogen-bond donors (Lipinski definition) is 2. The summed E-state index contributed by atoms with van der Waals surface area (Å²) in [4.78, 5) is 4.31. The summed E-state index contributed by atoms with van der Waals surface area (Å²) in [7, 11) is 0. The van der Waals surface area contributed by atoms with Crippen molar-refractivity contribution in [2.75, 3.05) is 18.5 Å². The molecule has 0 spiro atoms. The lowest BCUT2D eigenvalue weighted by atomic mass is 10.1. The van der Waals surface area contributed by atoms with Gasteiger partial charge in [0.1, 0.15) is 11.6 Å². The Morgan fingerprint density at radius 3 is 2.88 bits per heavy atom. The maximum absolute atomic E-state index is 14.3. The van der Waals surface area contributed by atoms with E-state index in [0.29, 0.717) is 29.4 Å². The van der Waals surface area contributed by atoms with Crippen LogP contribution in [-0.2, 0) is 0 Å². The van der Waals surface area contributed by atoms with Gasteiger partial charge in [-0.05, 0) is 31.2 Å². The summed E-state index contributed by atoms with van der Waals surface area (Å²) in [6.07, 6.45) is 2.11. The maximum Gasteiger partial charge on any atom is 0.128 e. The van der Waals surface area contributed by atoms with Gasteiger partial charge in [-0.15, -0.1) is 0 Å². The number of nitrogens with one attached hydrogen (secondary N) is 1. The Hall–Kier alpha value is -2.37. The van der Waals surface area contributed by atoms with E-state index in [1.165, 1.54) is 6.07 Å². The number of aliphatic hydroxyl groups excluding tert-OH is 1. The number of pyridine rings is 1. The van der Waals surface area contributed by atoms with Crippen LogP contribution in [0, 0.1) is 5.82 Å². The summed E-state index contributed by atoms with van der Waals surface area (Å²) in [5.74, 6) is 0.239. The Kier molecular flexibility index (Phi) is 5.91. The first kappa shape index (κ1) is 18.4. The zero-order valence-electron chi connectivity index (χ0n) is 14.4. The molecule has 26 heavy (non-hydrogen) atoms. The van der Waals surface area contributed by atoms with E-state index in [1.807, 2.05) is 31.2 Å². The summed E-state index contributed by atoms with van der Waals surface area (Å²) in [6.45, 7) is 2.30. The highest BCUT2D eigenvalue weighted by molar-refractivity contribution is 6.34. The molecule has 0 unspecified atom stereocenters. The van der Waals surface area contributed by atoms with Crippen LogP contribution >= 0.6 is 11.6 Å². The molecule has 4 nitrogen and oxygen atoms in total. The number of anilines is 1. The van der Waals surface area contributed by atoms with E-state index in [2.05, 4.69) is 10.3 Å². The number of nitrogens with zero attached hydrogens (tertiary/aromatic N) is 1. The minimum atomic E-state index is -0.334. The van der Waals surface area contributed by atoms with E-state index in [1.54, 1.807) is 18.3 Å². The highest BCUT2D eigenvalue weighted by atomic mass is 35.5. The maximum atomic E-state index is 14.3. The van der Waals surface area contributed by atoms with E-state index < -0.39 is 0 Å². The van der Waals surface area contributed by atoms with Gasteiger partial charge in [-0.25, -0.2) is 4.39 Å². The number of para-hydroxylation sites is 1. The quantitative estimate of drug-likeness (QED) is 0.574. The highest BCUT2D eigenvalue weighted by Crippen LogP contribution is 2.33. The van der Waals surface area contributed by atoms with Crippen molar-refractivity contribution in [3.8, 4) is 5.75 Å². The van der Waals surface area contributed by atoms with Gasteiger partial charge in [0.25, 0.3) is 0 Å². The van der Waals surface area contributed by atoms with Crippen molar-refractivity contribution in [3.05, 3.63) is 65.1 Å². The molecular formula is C20H20ClFN2O2. The molecule has 0 bridgehead atoms. The molecule has 2 aromatic carbocycles. The van der Waals surface area contributed by atoms with Gasteiger partial charge in [-0.3, -0.25) is 4.98 Å². The normalized spacial score (nSPS) is 12.2.